The number of benzene rings is 1. The number of halogens is 1. The highest BCUT2D eigenvalue weighted by Gasteiger charge is 2.09. The Morgan fingerprint density at radius 1 is 1.38 bits per heavy atom. The van der Waals surface area contributed by atoms with Gasteiger partial charge in [-0.05, 0) is 17.7 Å². The first-order chi connectivity index (χ1) is 10.1. The average Bonchev–Trinajstić information content (AvgIpc) is 2.88. The molecule has 0 atom stereocenters. The van der Waals surface area contributed by atoms with Crippen LogP contribution >= 0.6 is 15.9 Å². The van der Waals surface area contributed by atoms with Gasteiger partial charge in [-0.2, -0.15) is 5.10 Å². The van der Waals surface area contributed by atoms with Crippen molar-refractivity contribution in [1.82, 2.24) is 20.0 Å². The van der Waals surface area contributed by atoms with Crippen molar-refractivity contribution in [3.05, 3.63) is 52.3 Å². The van der Waals surface area contributed by atoms with E-state index in [2.05, 4.69) is 48.4 Å². The summed E-state index contributed by atoms with van der Waals surface area (Å²) in [4.78, 5) is 6.42. The maximum atomic E-state index is 4.33. The zero-order valence-electron chi connectivity index (χ0n) is 12.5. The Kier molecular flexibility index (Phi) is 5.38. The molecule has 112 valence electrons. The average molecular weight is 350 g/mol. The lowest BCUT2D eigenvalue weighted by Gasteiger charge is -2.22. The molecule has 0 unspecified atom stereocenters. The summed E-state index contributed by atoms with van der Waals surface area (Å²) in [6.45, 7) is 1.48. The van der Waals surface area contributed by atoms with Crippen LogP contribution < -0.4 is 5.32 Å². The summed E-state index contributed by atoms with van der Waals surface area (Å²) in [6, 6.07) is 10.2. The van der Waals surface area contributed by atoms with E-state index in [1.54, 1.807) is 13.2 Å². The van der Waals surface area contributed by atoms with Gasteiger partial charge in [0.25, 0.3) is 0 Å². The minimum Gasteiger partial charge on any atom is -0.351 e. The molecule has 0 fully saturated rings. The Morgan fingerprint density at radius 2 is 2.14 bits per heavy atom. The highest BCUT2D eigenvalue weighted by atomic mass is 79.9. The number of guanidine groups is 1. The second-order valence-corrected chi connectivity index (χ2v) is 5.65. The van der Waals surface area contributed by atoms with E-state index in [-0.39, 0.29) is 0 Å². The summed E-state index contributed by atoms with van der Waals surface area (Å²) in [6.07, 6.45) is 1.80. The van der Waals surface area contributed by atoms with Gasteiger partial charge in [-0.3, -0.25) is 9.67 Å². The van der Waals surface area contributed by atoms with Crippen LogP contribution in [0.5, 0.6) is 0 Å². The molecule has 1 N–H and O–H groups in total. The molecular formula is C15H20BrN5. The largest absolute Gasteiger partial charge is 0.351 e. The van der Waals surface area contributed by atoms with E-state index in [1.807, 2.05) is 37.0 Å². The van der Waals surface area contributed by atoms with Crippen LogP contribution in [0, 0.1) is 0 Å². The molecule has 1 aromatic heterocycles. The maximum absolute atomic E-state index is 4.33. The van der Waals surface area contributed by atoms with Crippen LogP contribution in [0.2, 0.25) is 0 Å². The van der Waals surface area contributed by atoms with Crippen LogP contribution in [-0.4, -0.2) is 34.7 Å². The quantitative estimate of drug-likeness (QED) is 0.680. The monoisotopic (exact) mass is 349 g/mol. The van der Waals surface area contributed by atoms with Crippen molar-refractivity contribution in [2.45, 2.75) is 13.1 Å². The molecule has 21 heavy (non-hydrogen) atoms. The molecule has 2 rings (SSSR count). The van der Waals surface area contributed by atoms with Gasteiger partial charge in [0.15, 0.2) is 5.96 Å². The standard InChI is InChI=1S/C15H20BrN5/c1-17-15(18-10-13-8-9-19-21(13)3)20(2)11-12-6-4-5-7-14(12)16/h4-9H,10-11H2,1-3H3,(H,17,18). The lowest BCUT2D eigenvalue weighted by molar-refractivity contribution is 0.473. The summed E-state index contributed by atoms with van der Waals surface area (Å²) in [7, 11) is 5.75. The fraction of sp³-hybridized carbons (Fsp3) is 0.333. The number of aromatic nitrogens is 2. The molecule has 0 saturated heterocycles. The molecule has 0 spiro atoms. The van der Waals surface area contributed by atoms with Crippen molar-refractivity contribution >= 4 is 21.9 Å². The third-order valence-electron chi connectivity index (χ3n) is 3.29. The maximum Gasteiger partial charge on any atom is 0.194 e. The van der Waals surface area contributed by atoms with Gasteiger partial charge in [-0.1, -0.05) is 34.1 Å². The van der Waals surface area contributed by atoms with Crippen molar-refractivity contribution in [1.29, 1.82) is 0 Å². The number of hydrogen-bond acceptors (Lipinski definition) is 2. The van der Waals surface area contributed by atoms with Crippen LogP contribution in [0.3, 0.4) is 0 Å². The van der Waals surface area contributed by atoms with E-state index in [4.69, 9.17) is 0 Å². The second kappa shape index (κ2) is 7.26. The van der Waals surface area contributed by atoms with E-state index in [0.717, 1.165) is 22.7 Å². The Labute approximate surface area is 133 Å². The Hall–Kier alpha value is -1.82. The Bertz CT molecular complexity index is 620. The number of nitrogens with zero attached hydrogens (tertiary/aromatic N) is 4. The van der Waals surface area contributed by atoms with Crippen LogP contribution in [-0.2, 0) is 20.1 Å². The van der Waals surface area contributed by atoms with Crippen LogP contribution in [0.4, 0.5) is 0 Å². The first-order valence-electron chi connectivity index (χ1n) is 6.74. The van der Waals surface area contributed by atoms with Gasteiger partial charge in [0.1, 0.15) is 0 Å². The van der Waals surface area contributed by atoms with Gasteiger partial charge >= 0.3 is 0 Å². The van der Waals surface area contributed by atoms with Gasteiger partial charge in [-0.15, -0.1) is 0 Å². The van der Waals surface area contributed by atoms with Gasteiger partial charge in [0.2, 0.25) is 0 Å². The van der Waals surface area contributed by atoms with Crippen molar-refractivity contribution < 1.29 is 0 Å². The number of rotatable bonds is 4. The third-order valence-corrected chi connectivity index (χ3v) is 4.06. The lowest BCUT2D eigenvalue weighted by Crippen LogP contribution is -2.38. The zero-order chi connectivity index (χ0) is 15.2. The molecule has 0 aliphatic heterocycles. The van der Waals surface area contributed by atoms with Gasteiger partial charge in [0.05, 0.1) is 12.2 Å². The van der Waals surface area contributed by atoms with Gasteiger partial charge < -0.3 is 10.2 Å². The topological polar surface area (TPSA) is 45.5 Å². The molecule has 0 aliphatic carbocycles. The van der Waals surface area contributed by atoms with Crippen LogP contribution in [0.1, 0.15) is 11.3 Å². The molecule has 0 aliphatic rings. The van der Waals surface area contributed by atoms with E-state index < -0.39 is 0 Å². The molecule has 5 nitrogen and oxygen atoms in total. The fourth-order valence-electron chi connectivity index (χ4n) is 2.09. The fourth-order valence-corrected chi connectivity index (χ4v) is 2.50. The minimum atomic E-state index is 0.698. The van der Waals surface area contributed by atoms with Gasteiger partial charge in [0, 0.05) is 38.4 Å². The highest BCUT2D eigenvalue weighted by molar-refractivity contribution is 9.10. The predicted molar refractivity (Wildman–Crippen MR) is 89.0 cm³/mol. The molecule has 6 heteroatoms. The molecule has 0 bridgehead atoms. The van der Waals surface area contributed by atoms with Crippen molar-refractivity contribution in [2.24, 2.45) is 12.0 Å². The number of hydrogen-bond donors (Lipinski definition) is 1. The second-order valence-electron chi connectivity index (χ2n) is 4.79. The van der Waals surface area contributed by atoms with E-state index in [9.17, 15) is 0 Å². The molecule has 0 amide bonds. The van der Waals surface area contributed by atoms with Gasteiger partial charge in [-0.25, -0.2) is 0 Å². The van der Waals surface area contributed by atoms with Crippen LogP contribution in [0.15, 0.2) is 46.0 Å². The van der Waals surface area contributed by atoms with E-state index >= 15 is 0 Å². The number of aliphatic imine (C=N–C) groups is 1. The Morgan fingerprint density at radius 3 is 2.76 bits per heavy atom. The first-order valence-corrected chi connectivity index (χ1v) is 7.53. The summed E-state index contributed by atoms with van der Waals surface area (Å²) >= 11 is 3.58. The van der Waals surface area contributed by atoms with Crippen molar-refractivity contribution in [3.63, 3.8) is 0 Å². The van der Waals surface area contributed by atoms with E-state index in [0.29, 0.717) is 6.54 Å². The summed E-state index contributed by atoms with van der Waals surface area (Å²) < 4.78 is 2.97. The van der Waals surface area contributed by atoms with E-state index in [1.165, 1.54) is 5.56 Å². The SMILES string of the molecule is CN=C(NCc1ccnn1C)N(C)Cc1ccccc1Br. The summed E-state index contributed by atoms with van der Waals surface area (Å²) in [5.41, 5.74) is 2.34. The molecule has 1 heterocycles. The summed E-state index contributed by atoms with van der Waals surface area (Å²) in [5, 5.41) is 7.51. The Balaban J connectivity index is 1.98. The highest BCUT2D eigenvalue weighted by Crippen LogP contribution is 2.17. The molecular weight excluding hydrogens is 330 g/mol. The lowest BCUT2D eigenvalue weighted by atomic mass is 10.2. The predicted octanol–water partition coefficient (Wildman–Crippen LogP) is 2.39. The normalized spacial score (nSPS) is 11.5. The molecule has 0 saturated carbocycles. The number of nitrogens with one attached hydrogen (secondary N) is 1. The smallest absolute Gasteiger partial charge is 0.194 e. The first kappa shape index (κ1) is 15.6. The minimum absolute atomic E-state index is 0.698. The summed E-state index contributed by atoms with van der Waals surface area (Å²) in [5.74, 6) is 0.854. The number of aryl methyl sites for hydroxylation is 1. The molecule has 1 aromatic carbocycles. The van der Waals surface area contributed by atoms with Crippen LogP contribution in [0.25, 0.3) is 0 Å². The molecule has 0 radical (unpaired) electrons. The zero-order valence-corrected chi connectivity index (χ0v) is 14.1. The third kappa shape index (κ3) is 4.07. The van der Waals surface area contributed by atoms with Crippen molar-refractivity contribution in [2.75, 3.05) is 14.1 Å². The van der Waals surface area contributed by atoms with Crippen molar-refractivity contribution in [3.8, 4) is 0 Å². The molecule has 2 aromatic rings.